The van der Waals surface area contributed by atoms with Crippen molar-refractivity contribution in [1.82, 2.24) is 0 Å². The summed E-state index contributed by atoms with van der Waals surface area (Å²) in [7, 11) is -3.69. The number of hydrogen-bond acceptors (Lipinski definition) is 6. The number of rotatable bonds is 10. The fourth-order valence-electron chi connectivity index (χ4n) is 2.88. The third-order valence-corrected chi connectivity index (χ3v) is 5.45. The number of ether oxygens (including phenoxy) is 1. The van der Waals surface area contributed by atoms with E-state index in [1.807, 2.05) is 6.92 Å². The summed E-state index contributed by atoms with van der Waals surface area (Å²) in [6.07, 6.45) is 1.36. The summed E-state index contributed by atoms with van der Waals surface area (Å²) in [5.74, 6) is 0.368. The van der Waals surface area contributed by atoms with Gasteiger partial charge in [-0.15, -0.1) is 0 Å². The highest BCUT2D eigenvalue weighted by Crippen LogP contribution is 2.28. The van der Waals surface area contributed by atoms with Gasteiger partial charge in [-0.2, -0.15) is 0 Å². The molecule has 2 aromatic rings. The average molecular weight is 436 g/mol. The molecule has 30 heavy (non-hydrogen) atoms. The number of amides is 1. The second kappa shape index (κ2) is 10.1. The Balaban J connectivity index is 2.06. The fourth-order valence-corrected chi connectivity index (χ4v) is 3.90. The summed E-state index contributed by atoms with van der Waals surface area (Å²) < 4.78 is 31.0. The number of carbonyl (C=O) groups excluding carboxylic acids is 1. The normalized spacial score (nSPS) is 11.0. The third-order valence-electron chi connectivity index (χ3n) is 4.27. The molecule has 0 fully saturated rings. The number of aryl methyl sites for hydroxylation is 1. The second-order valence-electron chi connectivity index (χ2n) is 6.68. The molecule has 0 heterocycles. The molecule has 0 spiro atoms. The van der Waals surface area contributed by atoms with Gasteiger partial charge in [0.15, 0.2) is 0 Å². The van der Waals surface area contributed by atoms with Crippen molar-refractivity contribution in [1.29, 1.82) is 0 Å². The monoisotopic (exact) mass is 435 g/mol. The van der Waals surface area contributed by atoms with Crippen molar-refractivity contribution in [3.05, 3.63) is 58.1 Å². The second-order valence-corrected chi connectivity index (χ2v) is 8.58. The number of nitrogens with zero attached hydrogens (tertiary/aromatic N) is 2. The van der Waals surface area contributed by atoms with Crippen LogP contribution in [0.5, 0.6) is 5.75 Å². The van der Waals surface area contributed by atoms with Crippen molar-refractivity contribution in [3.63, 3.8) is 0 Å². The Labute approximate surface area is 175 Å². The van der Waals surface area contributed by atoms with Crippen LogP contribution in [0.2, 0.25) is 0 Å². The van der Waals surface area contributed by atoms with Crippen LogP contribution < -0.4 is 14.4 Å². The summed E-state index contributed by atoms with van der Waals surface area (Å²) in [5.41, 5.74) is 1.20. The van der Waals surface area contributed by atoms with Gasteiger partial charge in [-0.1, -0.05) is 12.1 Å². The molecule has 0 aliphatic rings. The SMILES string of the molecule is CCOc1cccc(NC(=O)CCCN(c2cc([N+](=O)[O-])ccc2C)S(C)(=O)=O)c1. The van der Waals surface area contributed by atoms with Crippen LogP contribution in [0.3, 0.4) is 0 Å². The predicted octanol–water partition coefficient (Wildman–Crippen LogP) is 3.49. The molecule has 0 saturated heterocycles. The van der Waals surface area contributed by atoms with Crippen LogP contribution in [0.25, 0.3) is 0 Å². The first-order chi connectivity index (χ1) is 14.1. The number of non-ortho nitro benzene ring substituents is 1. The molecule has 2 aromatic carbocycles. The molecule has 0 saturated carbocycles. The standard InChI is InChI=1S/C20H25N3O6S/c1-4-29-18-8-5-7-16(13-18)21-20(24)9-6-12-22(30(3,27)28)19-14-17(23(25)26)11-10-15(19)2/h5,7-8,10-11,13-14H,4,6,9,12H2,1-3H3,(H,21,24). The number of sulfonamides is 1. The minimum Gasteiger partial charge on any atom is -0.494 e. The first kappa shape index (κ1) is 23.1. The van der Waals surface area contributed by atoms with Gasteiger partial charge in [0, 0.05) is 36.9 Å². The van der Waals surface area contributed by atoms with E-state index in [2.05, 4.69) is 5.32 Å². The van der Waals surface area contributed by atoms with Crippen LogP contribution in [0.4, 0.5) is 17.1 Å². The van der Waals surface area contributed by atoms with E-state index in [1.165, 1.54) is 18.2 Å². The molecular weight excluding hydrogens is 410 g/mol. The van der Waals surface area contributed by atoms with E-state index in [1.54, 1.807) is 31.2 Å². The third kappa shape index (κ3) is 6.45. The quantitative estimate of drug-likeness (QED) is 0.451. The number of hydrogen-bond donors (Lipinski definition) is 1. The molecule has 0 radical (unpaired) electrons. The number of benzene rings is 2. The smallest absolute Gasteiger partial charge is 0.271 e. The van der Waals surface area contributed by atoms with Crippen molar-refractivity contribution in [2.75, 3.05) is 29.0 Å². The molecule has 1 N–H and O–H groups in total. The highest BCUT2D eigenvalue weighted by Gasteiger charge is 2.22. The first-order valence-corrected chi connectivity index (χ1v) is 11.2. The fraction of sp³-hybridized carbons (Fsp3) is 0.350. The predicted molar refractivity (Wildman–Crippen MR) is 115 cm³/mol. The van der Waals surface area contributed by atoms with E-state index in [9.17, 15) is 23.3 Å². The Morgan fingerprint density at radius 1 is 1.23 bits per heavy atom. The number of nitro groups is 1. The number of carbonyl (C=O) groups is 1. The summed E-state index contributed by atoms with van der Waals surface area (Å²) in [6.45, 7) is 4.07. The summed E-state index contributed by atoms with van der Waals surface area (Å²) in [4.78, 5) is 22.7. The largest absolute Gasteiger partial charge is 0.494 e. The number of nitrogens with one attached hydrogen (secondary N) is 1. The van der Waals surface area contributed by atoms with Crippen LogP contribution in [-0.4, -0.2) is 38.7 Å². The lowest BCUT2D eigenvalue weighted by atomic mass is 10.1. The van der Waals surface area contributed by atoms with E-state index in [-0.39, 0.29) is 36.7 Å². The van der Waals surface area contributed by atoms with E-state index >= 15 is 0 Å². The Morgan fingerprint density at radius 2 is 1.97 bits per heavy atom. The molecule has 0 aromatic heterocycles. The van der Waals surface area contributed by atoms with Crippen molar-refractivity contribution in [2.24, 2.45) is 0 Å². The van der Waals surface area contributed by atoms with Crippen molar-refractivity contribution < 1.29 is 22.9 Å². The molecule has 0 unspecified atom stereocenters. The van der Waals surface area contributed by atoms with Crippen LogP contribution in [-0.2, 0) is 14.8 Å². The molecule has 9 nitrogen and oxygen atoms in total. The van der Waals surface area contributed by atoms with Gasteiger partial charge in [-0.3, -0.25) is 19.2 Å². The van der Waals surface area contributed by atoms with Gasteiger partial charge >= 0.3 is 0 Å². The van der Waals surface area contributed by atoms with Crippen LogP contribution in [0.1, 0.15) is 25.3 Å². The lowest BCUT2D eigenvalue weighted by molar-refractivity contribution is -0.384. The topological polar surface area (TPSA) is 119 Å². The van der Waals surface area contributed by atoms with Crippen LogP contribution in [0, 0.1) is 17.0 Å². The van der Waals surface area contributed by atoms with Crippen LogP contribution in [0.15, 0.2) is 42.5 Å². The van der Waals surface area contributed by atoms with Gasteiger partial charge in [0.2, 0.25) is 15.9 Å². The van der Waals surface area contributed by atoms with Gasteiger partial charge in [-0.05, 0) is 38.0 Å². The number of nitro benzene ring substituents is 1. The molecular formula is C20H25N3O6S. The van der Waals surface area contributed by atoms with Crippen molar-refractivity contribution in [2.45, 2.75) is 26.7 Å². The minimum absolute atomic E-state index is 0.0211. The Kier molecular flexibility index (Phi) is 7.76. The molecule has 0 atom stereocenters. The molecule has 1 amide bonds. The van der Waals surface area contributed by atoms with E-state index < -0.39 is 14.9 Å². The van der Waals surface area contributed by atoms with Gasteiger partial charge in [0.05, 0.1) is 23.5 Å². The minimum atomic E-state index is -3.69. The van der Waals surface area contributed by atoms with Crippen molar-refractivity contribution >= 4 is 33.0 Å². The van der Waals surface area contributed by atoms with Gasteiger partial charge in [0.25, 0.3) is 5.69 Å². The average Bonchev–Trinajstić information content (AvgIpc) is 2.65. The zero-order valence-corrected chi connectivity index (χ0v) is 17.9. The molecule has 0 aliphatic carbocycles. The van der Waals surface area contributed by atoms with Gasteiger partial charge in [-0.25, -0.2) is 8.42 Å². The van der Waals surface area contributed by atoms with E-state index in [4.69, 9.17) is 4.74 Å². The zero-order chi connectivity index (χ0) is 22.3. The zero-order valence-electron chi connectivity index (χ0n) is 17.1. The van der Waals surface area contributed by atoms with E-state index in [0.717, 1.165) is 10.6 Å². The van der Waals surface area contributed by atoms with Gasteiger partial charge < -0.3 is 10.1 Å². The lowest BCUT2D eigenvalue weighted by Gasteiger charge is -2.24. The maximum absolute atomic E-state index is 12.3. The molecule has 0 bridgehead atoms. The van der Waals surface area contributed by atoms with Crippen molar-refractivity contribution in [3.8, 4) is 5.75 Å². The first-order valence-electron chi connectivity index (χ1n) is 9.37. The van der Waals surface area contributed by atoms with Crippen LogP contribution >= 0.6 is 0 Å². The molecule has 0 aliphatic heterocycles. The molecule has 162 valence electrons. The highest BCUT2D eigenvalue weighted by molar-refractivity contribution is 7.92. The Morgan fingerprint density at radius 3 is 2.60 bits per heavy atom. The molecule has 10 heteroatoms. The van der Waals surface area contributed by atoms with Gasteiger partial charge in [0.1, 0.15) is 5.75 Å². The number of anilines is 2. The maximum Gasteiger partial charge on any atom is 0.271 e. The summed E-state index contributed by atoms with van der Waals surface area (Å²) in [6, 6.07) is 11.0. The Hall–Kier alpha value is -3.14. The molecule has 2 rings (SSSR count). The highest BCUT2D eigenvalue weighted by atomic mass is 32.2. The summed E-state index contributed by atoms with van der Waals surface area (Å²) in [5, 5.41) is 13.8. The summed E-state index contributed by atoms with van der Waals surface area (Å²) >= 11 is 0. The Bertz CT molecular complexity index is 1020. The van der Waals surface area contributed by atoms with E-state index in [0.29, 0.717) is 23.6 Å². The maximum atomic E-state index is 12.3. The lowest BCUT2D eigenvalue weighted by Crippen LogP contribution is -2.32.